The van der Waals surface area contributed by atoms with Gasteiger partial charge in [-0.05, 0) is 61.2 Å². The van der Waals surface area contributed by atoms with Gasteiger partial charge in [0.1, 0.15) is 11.6 Å². The first-order valence-electron chi connectivity index (χ1n) is 9.42. The zero-order chi connectivity index (χ0) is 19.7. The number of ether oxygens (including phenoxy) is 1. The molecule has 2 heterocycles. The summed E-state index contributed by atoms with van der Waals surface area (Å²) in [4.78, 5) is 25.9. The number of nitrogens with zero attached hydrogens (tertiary/aromatic N) is 1. The van der Waals surface area contributed by atoms with Crippen molar-refractivity contribution in [2.45, 2.75) is 32.2 Å². The van der Waals surface area contributed by atoms with Crippen molar-refractivity contribution in [1.29, 1.82) is 0 Å². The molecule has 2 aliphatic rings. The maximum absolute atomic E-state index is 13.7. The standard InChI is InChI=1S/C21H22FN3O3/c1-13(26)25-9-8-14-11-16(5-6-19(14)25)23-21(27)24-18-3-2-10-28-20-7-4-15(22)12-17(18)20/h4-7,11-12,18H,2-3,8-10H2,1H3,(H2,23,24,27)/t18-/m0/s1. The molecule has 2 aromatic rings. The van der Waals surface area contributed by atoms with E-state index < -0.39 is 0 Å². The van der Waals surface area contributed by atoms with Crippen LogP contribution in [0.1, 0.15) is 36.9 Å². The first-order chi connectivity index (χ1) is 13.5. The van der Waals surface area contributed by atoms with E-state index >= 15 is 0 Å². The van der Waals surface area contributed by atoms with E-state index in [9.17, 15) is 14.0 Å². The third-order valence-electron chi connectivity index (χ3n) is 5.16. The zero-order valence-corrected chi connectivity index (χ0v) is 15.6. The minimum absolute atomic E-state index is 0.0127. The average Bonchev–Trinajstić information content (AvgIpc) is 2.99. The Bertz CT molecular complexity index is 931. The summed E-state index contributed by atoms with van der Waals surface area (Å²) in [6.07, 6.45) is 2.20. The summed E-state index contributed by atoms with van der Waals surface area (Å²) in [5.41, 5.74) is 3.23. The largest absolute Gasteiger partial charge is 0.493 e. The van der Waals surface area contributed by atoms with Crippen molar-refractivity contribution in [1.82, 2.24) is 5.32 Å². The molecule has 0 aromatic heterocycles. The fourth-order valence-corrected chi connectivity index (χ4v) is 3.83. The van der Waals surface area contributed by atoms with Crippen LogP contribution in [0.2, 0.25) is 0 Å². The highest BCUT2D eigenvalue weighted by Gasteiger charge is 2.24. The molecule has 4 rings (SSSR count). The quantitative estimate of drug-likeness (QED) is 0.829. The second-order valence-electron chi connectivity index (χ2n) is 7.09. The Balaban J connectivity index is 1.47. The fourth-order valence-electron chi connectivity index (χ4n) is 3.83. The molecule has 6 nitrogen and oxygen atoms in total. The molecule has 146 valence electrons. The Morgan fingerprint density at radius 2 is 2.07 bits per heavy atom. The molecule has 0 saturated heterocycles. The second kappa shape index (κ2) is 7.50. The van der Waals surface area contributed by atoms with Gasteiger partial charge >= 0.3 is 6.03 Å². The molecular weight excluding hydrogens is 361 g/mol. The highest BCUT2D eigenvalue weighted by molar-refractivity contribution is 5.95. The van der Waals surface area contributed by atoms with Gasteiger partial charge in [-0.2, -0.15) is 0 Å². The van der Waals surface area contributed by atoms with E-state index in [-0.39, 0.29) is 23.8 Å². The molecule has 3 amide bonds. The van der Waals surface area contributed by atoms with Crippen molar-refractivity contribution in [3.8, 4) is 5.75 Å². The average molecular weight is 383 g/mol. The number of anilines is 2. The van der Waals surface area contributed by atoms with Crippen molar-refractivity contribution in [3.05, 3.63) is 53.3 Å². The van der Waals surface area contributed by atoms with Crippen LogP contribution in [-0.2, 0) is 11.2 Å². The van der Waals surface area contributed by atoms with Gasteiger partial charge in [0, 0.05) is 30.4 Å². The van der Waals surface area contributed by atoms with Gasteiger partial charge in [0.25, 0.3) is 0 Å². The molecule has 0 bridgehead atoms. The van der Waals surface area contributed by atoms with Crippen LogP contribution in [0, 0.1) is 5.82 Å². The van der Waals surface area contributed by atoms with E-state index in [0.717, 1.165) is 24.1 Å². The number of fused-ring (bicyclic) bond motifs is 2. The lowest BCUT2D eigenvalue weighted by Gasteiger charge is -2.19. The summed E-state index contributed by atoms with van der Waals surface area (Å²) in [6.45, 7) is 2.74. The zero-order valence-electron chi connectivity index (χ0n) is 15.6. The van der Waals surface area contributed by atoms with E-state index in [0.29, 0.717) is 36.6 Å². The SMILES string of the molecule is CC(=O)N1CCc2cc(NC(=O)N[C@H]3CCCOc4ccc(F)cc43)ccc21. The van der Waals surface area contributed by atoms with Gasteiger partial charge < -0.3 is 20.3 Å². The predicted molar refractivity (Wildman–Crippen MR) is 104 cm³/mol. The Hall–Kier alpha value is -3.09. The number of rotatable bonds is 2. The summed E-state index contributed by atoms with van der Waals surface area (Å²) < 4.78 is 19.3. The van der Waals surface area contributed by atoms with Crippen LogP contribution in [0.4, 0.5) is 20.6 Å². The third kappa shape index (κ3) is 3.65. The van der Waals surface area contributed by atoms with Crippen LogP contribution in [-0.4, -0.2) is 25.1 Å². The van der Waals surface area contributed by atoms with Crippen LogP contribution in [0.5, 0.6) is 5.75 Å². The van der Waals surface area contributed by atoms with Crippen LogP contribution in [0.3, 0.4) is 0 Å². The van der Waals surface area contributed by atoms with E-state index in [2.05, 4.69) is 10.6 Å². The lowest BCUT2D eigenvalue weighted by molar-refractivity contribution is -0.116. The highest BCUT2D eigenvalue weighted by Crippen LogP contribution is 2.33. The summed E-state index contributed by atoms with van der Waals surface area (Å²) in [5, 5.41) is 5.77. The number of halogens is 1. The maximum Gasteiger partial charge on any atom is 0.319 e. The minimum atomic E-state index is -0.358. The third-order valence-corrected chi connectivity index (χ3v) is 5.16. The summed E-state index contributed by atoms with van der Waals surface area (Å²) in [5.74, 6) is 0.259. The normalized spacial score (nSPS) is 17.8. The summed E-state index contributed by atoms with van der Waals surface area (Å²) in [6, 6.07) is 9.21. The van der Waals surface area contributed by atoms with Crippen molar-refractivity contribution in [2.75, 3.05) is 23.4 Å². The molecule has 0 aliphatic carbocycles. The monoisotopic (exact) mass is 383 g/mol. The van der Waals surface area contributed by atoms with Crippen molar-refractivity contribution in [2.24, 2.45) is 0 Å². The van der Waals surface area contributed by atoms with Crippen molar-refractivity contribution < 1.29 is 18.7 Å². The molecular formula is C21H22FN3O3. The number of hydrogen-bond donors (Lipinski definition) is 2. The predicted octanol–water partition coefficient (Wildman–Crippen LogP) is 3.77. The molecule has 0 radical (unpaired) electrons. The van der Waals surface area contributed by atoms with Crippen molar-refractivity contribution in [3.63, 3.8) is 0 Å². The van der Waals surface area contributed by atoms with E-state index in [1.54, 1.807) is 24.0 Å². The number of benzene rings is 2. The highest BCUT2D eigenvalue weighted by atomic mass is 19.1. The number of urea groups is 1. The summed E-state index contributed by atoms with van der Waals surface area (Å²) in [7, 11) is 0. The number of carbonyl (C=O) groups is 2. The Morgan fingerprint density at radius 1 is 1.21 bits per heavy atom. The first kappa shape index (κ1) is 18.3. The number of hydrogen-bond acceptors (Lipinski definition) is 3. The number of amides is 3. The van der Waals surface area contributed by atoms with Gasteiger partial charge in [-0.3, -0.25) is 4.79 Å². The lowest BCUT2D eigenvalue weighted by Crippen LogP contribution is -2.32. The van der Waals surface area contributed by atoms with Crippen LogP contribution >= 0.6 is 0 Å². The molecule has 2 N–H and O–H groups in total. The van der Waals surface area contributed by atoms with E-state index in [1.165, 1.54) is 12.1 Å². The Kier molecular flexibility index (Phi) is 4.90. The molecule has 28 heavy (non-hydrogen) atoms. The van der Waals surface area contributed by atoms with Gasteiger partial charge in [-0.1, -0.05) is 0 Å². The Labute approximate surface area is 162 Å². The minimum Gasteiger partial charge on any atom is -0.493 e. The van der Waals surface area contributed by atoms with Crippen LogP contribution in [0.25, 0.3) is 0 Å². The lowest BCUT2D eigenvalue weighted by atomic mass is 10.0. The van der Waals surface area contributed by atoms with E-state index in [1.807, 2.05) is 12.1 Å². The Morgan fingerprint density at radius 3 is 2.89 bits per heavy atom. The molecule has 0 unspecified atom stereocenters. The molecule has 0 saturated carbocycles. The second-order valence-corrected chi connectivity index (χ2v) is 7.09. The van der Waals surface area contributed by atoms with Crippen molar-refractivity contribution >= 4 is 23.3 Å². The van der Waals surface area contributed by atoms with Gasteiger partial charge in [-0.15, -0.1) is 0 Å². The number of carbonyl (C=O) groups excluding carboxylic acids is 2. The van der Waals surface area contributed by atoms with Crippen LogP contribution in [0.15, 0.2) is 36.4 Å². The van der Waals surface area contributed by atoms with Crippen LogP contribution < -0.4 is 20.3 Å². The molecule has 0 spiro atoms. The molecule has 7 heteroatoms. The molecule has 2 aromatic carbocycles. The molecule has 1 atom stereocenters. The van der Waals surface area contributed by atoms with E-state index in [4.69, 9.17) is 4.74 Å². The van der Waals surface area contributed by atoms with Gasteiger partial charge in [0.2, 0.25) is 5.91 Å². The molecule has 2 aliphatic heterocycles. The van der Waals surface area contributed by atoms with Gasteiger partial charge in [0.15, 0.2) is 0 Å². The first-order valence-corrected chi connectivity index (χ1v) is 9.42. The summed E-state index contributed by atoms with van der Waals surface area (Å²) >= 11 is 0. The van der Waals surface area contributed by atoms with Gasteiger partial charge in [0.05, 0.1) is 12.6 Å². The molecule has 0 fully saturated rings. The number of nitrogens with one attached hydrogen (secondary N) is 2. The fraction of sp³-hybridized carbons (Fsp3) is 0.333. The topological polar surface area (TPSA) is 70.7 Å². The maximum atomic E-state index is 13.7. The smallest absolute Gasteiger partial charge is 0.319 e. The van der Waals surface area contributed by atoms with Gasteiger partial charge in [-0.25, -0.2) is 9.18 Å².